The minimum atomic E-state index is 0.237. The standard InChI is InChI=1S/C11H14ClN3/c1-7(13-2)11-14-9-6-8(12)4-5-10(9)15(11)3/h4-7,13H,1-3H3. The van der Waals surface area contributed by atoms with Crippen LogP contribution in [0.1, 0.15) is 18.8 Å². The predicted octanol–water partition coefficient (Wildman–Crippen LogP) is 2.51. The Morgan fingerprint density at radius 1 is 1.47 bits per heavy atom. The zero-order chi connectivity index (χ0) is 11.0. The smallest absolute Gasteiger partial charge is 0.126 e. The molecular weight excluding hydrogens is 210 g/mol. The molecule has 0 fully saturated rings. The van der Waals surface area contributed by atoms with E-state index in [-0.39, 0.29) is 6.04 Å². The van der Waals surface area contributed by atoms with E-state index in [1.165, 1.54) is 0 Å². The highest BCUT2D eigenvalue weighted by Crippen LogP contribution is 2.22. The molecule has 3 nitrogen and oxygen atoms in total. The molecule has 15 heavy (non-hydrogen) atoms. The zero-order valence-corrected chi connectivity index (χ0v) is 9.84. The maximum Gasteiger partial charge on any atom is 0.126 e. The Hall–Kier alpha value is -1.06. The van der Waals surface area contributed by atoms with Crippen molar-refractivity contribution in [3.8, 4) is 0 Å². The highest BCUT2D eigenvalue weighted by Gasteiger charge is 2.12. The predicted molar refractivity (Wildman–Crippen MR) is 63.2 cm³/mol. The molecule has 1 atom stereocenters. The average molecular weight is 224 g/mol. The lowest BCUT2D eigenvalue weighted by Gasteiger charge is -2.09. The van der Waals surface area contributed by atoms with E-state index in [0.29, 0.717) is 0 Å². The largest absolute Gasteiger partial charge is 0.330 e. The third-order valence-electron chi connectivity index (χ3n) is 2.70. The molecule has 4 heteroatoms. The van der Waals surface area contributed by atoms with E-state index in [2.05, 4.69) is 21.8 Å². The maximum atomic E-state index is 5.93. The third-order valence-corrected chi connectivity index (χ3v) is 2.93. The number of nitrogens with zero attached hydrogens (tertiary/aromatic N) is 2. The molecule has 0 aliphatic carbocycles. The monoisotopic (exact) mass is 223 g/mol. The van der Waals surface area contributed by atoms with Crippen LogP contribution in [0.25, 0.3) is 11.0 Å². The molecule has 1 aromatic carbocycles. The van der Waals surface area contributed by atoms with Gasteiger partial charge in [-0.2, -0.15) is 0 Å². The summed E-state index contributed by atoms with van der Waals surface area (Å²) in [6, 6.07) is 6.01. The van der Waals surface area contributed by atoms with Crippen LogP contribution in [0, 0.1) is 0 Å². The van der Waals surface area contributed by atoms with Crippen LogP contribution in [0.2, 0.25) is 5.02 Å². The fourth-order valence-electron chi connectivity index (χ4n) is 1.71. The van der Waals surface area contributed by atoms with Gasteiger partial charge in [0.2, 0.25) is 0 Å². The Morgan fingerprint density at radius 3 is 2.87 bits per heavy atom. The number of hydrogen-bond donors (Lipinski definition) is 1. The number of aromatic nitrogens is 2. The fourth-order valence-corrected chi connectivity index (χ4v) is 1.87. The zero-order valence-electron chi connectivity index (χ0n) is 9.08. The average Bonchev–Trinajstić information content (AvgIpc) is 2.54. The highest BCUT2D eigenvalue weighted by molar-refractivity contribution is 6.31. The molecule has 1 aromatic heterocycles. The molecular formula is C11H14ClN3. The van der Waals surface area contributed by atoms with Crippen molar-refractivity contribution in [2.75, 3.05) is 7.05 Å². The fraction of sp³-hybridized carbons (Fsp3) is 0.364. The first-order chi connectivity index (χ1) is 7.13. The third kappa shape index (κ3) is 1.73. The molecule has 2 aromatic rings. The van der Waals surface area contributed by atoms with E-state index < -0.39 is 0 Å². The Labute approximate surface area is 94.1 Å². The van der Waals surface area contributed by atoms with Crippen LogP contribution in [0.5, 0.6) is 0 Å². The Kier molecular flexibility index (Phi) is 2.67. The lowest BCUT2D eigenvalue weighted by Crippen LogP contribution is -2.16. The first-order valence-corrected chi connectivity index (χ1v) is 5.30. The summed E-state index contributed by atoms with van der Waals surface area (Å²) in [4.78, 5) is 4.56. The molecule has 0 bridgehead atoms. The topological polar surface area (TPSA) is 29.9 Å². The van der Waals surface area contributed by atoms with Gasteiger partial charge in [0.15, 0.2) is 0 Å². The van der Waals surface area contributed by atoms with Gasteiger partial charge in [0.05, 0.1) is 17.1 Å². The molecule has 0 radical (unpaired) electrons. The van der Waals surface area contributed by atoms with Crippen molar-refractivity contribution in [1.82, 2.24) is 14.9 Å². The first kappa shape index (κ1) is 10.5. The first-order valence-electron chi connectivity index (χ1n) is 4.92. The van der Waals surface area contributed by atoms with Crippen molar-refractivity contribution in [3.05, 3.63) is 29.0 Å². The summed E-state index contributed by atoms with van der Waals surface area (Å²) in [6.07, 6.45) is 0. The van der Waals surface area contributed by atoms with Crippen molar-refractivity contribution in [3.63, 3.8) is 0 Å². The van der Waals surface area contributed by atoms with Gasteiger partial charge >= 0.3 is 0 Å². The number of nitrogens with one attached hydrogen (secondary N) is 1. The van der Waals surface area contributed by atoms with Gasteiger partial charge in [-0.25, -0.2) is 4.98 Å². The van der Waals surface area contributed by atoms with Crippen LogP contribution >= 0.6 is 11.6 Å². The van der Waals surface area contributed by atoms with Gasteiger partial charge in [0, 0.05) is 12.1 Å². The number of hydrogen-bond acceptors (Lipinski definition) is 2. The van der Waals surface area contributed by atoms with Crippen LogP contribution in [0.3, 0.4) is 0 Å². The molecule has 2 rings (SSSR count). The minimum Gasteiger partial charge on any atom is -0.330 e. The lowest BCUT2D eigenvalue weighted by molar-refractivity contribution is 0.590. The Balaban J connectivity index is 2.63. The minimum absolute atomic E-state index is 0.237. The van der Waals surface area contributed by atoms with Gasteiger partial charge in [-0.15, -0.1) is 0 Å². The number of halogens is 1. The van der Waals surface area contributed by atoms with E-state index in [4.69, 9.17) is 11.6 Å². The van der Waals surface area contributed by atoms with E-state index in [1.807, 2.05) is 32.3 Å². The van der Waals surface area contributed by atoms with Crippen molar-refractivity contribution in [2.45, 2.75) is 13.0 Å². The number of rotatable bonds is 2. The van der Waals surface area contributed by atoms with Gasteiger partial charge < -0.3 is 9.88 Å². The van der Waals surface area contributed by atoms with Crippen LogP contribution < -0.4 is 5.32 Å². The molecule has 80 valence electrons. The molecule has 0 saturated carbocycles. The SMILES string of the molecule is CNC(C)c1nc2cc(Cl)ccc2n1C. The molecule has 1 unspecified atom stereocenters. The summed E-state index contributed by atoms with van der Waals surface area (Å²) in [5.74, 6) is 1.02. The summed E-state index contributed by atoms with van der Waals surface area (Å²) in [6.45, 7) is 2.09. The Morgan fingerprint density at radius 2 is 2.20 bits per heavy atom. The van der Waals surface area contributed by atoms with Gasteiger partial charge in [-0.05, 0) is 32.2 Å². The second-order valence-electron chi connectivity index (χ2n) is 3.67. The van der Waals surface area contributed by atoms with Crippen LogP contribution in [-0.4, -0.2) is 16.6 Å². The normalized spacial score (nSPS) is 13.3. The van der Waals surface area contributed by atoms with E-state index in [0.717, 1.165) is 21.9 Å². The van der Waals surface area contributed by atoms with Gasteiger partial charge in [-0.3, -0.25) is 0 Å². The van der Waals surface area contributed by atoms with Crippen LogP contribution in [0.15, 0.2) is 18.2 Å². The summed E-state index contributed by atoms with van der Waals surface area (Å²) >= 11 is 5.93. The quantitative estimate of drug-likeness (QED) is 0.848. The van der Waals surface area contributed by atoms with E-state index in [1.54, 1.807) is 0 Å². The van der Waals surface area contributed by atoms with E-state index in [9.17, 15) is 0 Å². The summed E-state index contributed by atoms with van der Waals surface area (Å²) in [7, 11) is 3.95. The van der Waals surface area contributed by atoms with Crippen LogP contribution in [0.4, 0.5) is 0 Å². The maximum absolute atomic E-state index is 5.93. The number of aryl methyl sites for hydroxylation is 1. The Bertz CT molecular complexity index is 490. The van der Waals surface area contributed by atoms with Gasteiger partial charge in [0.1, 0.15) is 5.82 Å². The van der Waals surface area contributed by atoms with Crippen molar-refractivity contribution in [2.24, 2.45) is 7.05 Å². The molecule has 1 heterocycles. The van der Waals surface area contributed by atoms with Crippen LogP contribution in [-0.2, 0) is 7.05 Å². The van der Waals surface area contributed by atoms with Crippen molar-refractivity contribution < 1.29 is 0 Å². The summed E-state index contributed by atoms with van der Waals surface area (Å²) in [5, 5.41) is 3.91. The molecule has 0 aliphatic heterocycles. The highest BCUT2D eigenvalue weighted by atomic mass is 35.5. The van der Waals surface area contributed by atoms with Gasteiger partial charge in [-0.1, -0.05) is 11.6 Å². The number of fused-ring (bicyclic) bond motifs is 1. The molecule has 0 spiro atoms. The van der Waals surface area contributed by atoms with Gasteiger partial charge in [0.25, 0.3) is 0 Å². The van der Waals surface area contributed by atoms with E-state index >= 15 is 0 Å². The lowest BCUT2D eigenvalue weighted by atomic mass is 10.3. The molecule has 0 saturated heterocycles. The van der Waals surface area contributed by atoms with Crippen molar-refractivity contribution >= 4 is 22.6 Å². The number of benzene rings is 1. The molecule has 0 amide bonds. The molecule has 1 N–H and O–H groups in total. The second-order valence-corrected chi connectivity index (χ2v) is 4.11. The summed E-state index contributed by atoms with van der Waals surface area (Å²) < 4.78 is 2.09. The van der Waals surface area contributed by atoms with Crippen molar-refractivity contribution in [1.29, 1.82) is 0 Å². The number of imidazole rings is 1. The molecule has 0 aliphatic rings. The summed E-state index contributed by atoms with van der Waals surface area (Å²) in [5.41, 5.74) is 2.05. The second kappa shape index (κ2) is 3.83.